The molecule has 4 heteroatoms. The Morgan fingerprint density at radius 1 is 0.786 bits per heavy atom. The molecule has 0 aliphatic carbocycles. The molecular formula is C10H24O4. The lowest BCUT2D eigenvalue weighted by atomic mass is 10.4. The van der Waals surface area contributed by atoms with Gasteiger partial charge in [-0.05, 0) is 20.8 Å². The monoisotopic (exact) mass is 208 g/mol. The second kappa shape index (κ2) is 10.9. The summed E-state index contributed by atoms with van der Waals surface area (Å²) in [5.41, 5.74) is 0. The Balaban J connectivity index is 0. The molecule has 0 radical (unpaired) electrons. The molecule has 14 heavy (non-hydrogen) atoms. The molecule has 0 atom stereocenters. The minimum Gasteiger partial charge on any atom is -0.400 e. The Bertz CT molecular complexity index is 89.3. The molecule has 1 N–H and O–H groups in total. The predicted octanol–water partition coefficient (Wildman–Crippen LogP) is 1.77. The average molecular weight is 208 g/mol. The third-order valence-electron chi connectivity index (χ3n) is 1.53. The van der Waals surface area contributed by atoms with Crippen molar-refractivity contribution in [2.75, 3.05) is 26.9 Å². The van der Waals surface area contributed by atoms with Gasteiger partial charge in [0.05, 0.1) is 0 Å². The third kappa shape index (κ3) is 6.32. The van der Waals surface area contributed by atoms with Crippen LogP contribution in [0.4, 0.5) is 0 Å². The number of aliphatic hydroxyl groups is 1. The van der Waals surface area contributed by atoms with E-state index in [1.165, 1.54) is 0 Å². The van der Waals surface area contributed by atoms with Gasteiger partial charge in [-0.1, -0.05) is 6.92 Å². The van der Waals surface area contributed by atoms with Crippen molar-refractivity contribution in [3.8, 4) is 0 Å². The van der Waals surface area contributed by atoms with Crippen LogP contribution in [0.2, 0.25) is 0 Å². The number of hydrogen-bond donors (Lipinski definition) is 1. The van der Waals surface area contributed by atoms with E-state index in [1.807, 2.05) is 27.7 Å². The Morgan fingerprint density at radius 3 is 1.21 bits per heavy atom. The summed E-state index contributed by atoms with van der Waals surface area (Å²) in [6.07, 6.45) is 0.711. The molecule has 88 valence electrons. The topological polar surface area (TPSA) is 47.9 Å². The number of aliphatic hydroxyl groups excluding tert-OH is 1. The van der Waals surface area contributed by atoms with Crippen molar-refractivity contribution >= 4 is 0 Å². The van der Waals surface area contributed by atoms with E-state index >= 15 is 0 Å². The first-order chi connectivity index (χ1) is 6.74. The van der Waals surface area contributed by atoms with Gasteiger partial charge in [0.2, 0.25) is 0 Å². The molecule has 0 spiro atoms. The molecule has 0 unspecified atom stereocenters. The van der Waals surface area contributed by atoms with Crippen LogP contribution in [0.3, 0.4) is 0 Å². The minimum absolute atomic E-state index is 0.605. The van der Waals surface area contributed by atoms with E-state index in [9.17, 15) is 0 Å². The van der Waals surface area contributed by atoms with Crippen molar-refractivity contribution in [1.29, 1.82) is 0 Å². The lowest BCUT2D eigenvalue weighted by Gasteiger charge is -2.31. The van der Waals surface area contributed by atoms with Crippen molar-refractivity contribution in [1.82, 2.24) is 0 Å². The molecule has 0 aliphatic heterocycles. The van der Waals surface area contributed by atoms with E-state index in [4.69, 9.17) is 19.3 Å². The molecule has 4 nitrogen and oxygen atoms in total. The van der Waals surface area contributed by atoms with E-state index in [0.717, 1.165) is 7.11 Å². The maximum atomic E-state index is 7.00. The second-order valence-corrected chi connectivity index (χ2v) is 2.34. The van der Waals surface area contributed by atoms with Crippen LogP contribution < -0.4 is 0 Å². The zero-order valence-corrected chi connectivity index (χ0v) is 10.0. The van der Waals surface area contributed by atoms with E-state index < -0.39 is 5.97 Å². The van der Waals surface area contributed by atoms with Gasteiger partial charge in [-0.2, -0.15) is 0 Å². The highest BCUT2D eigenvalue weighted by Gasteiger charge is 2.29. The lowest BCUT2D eigenvalue weighted by molar-refractivity contribution is -0.377. The Labute approximate surface area is 87.2 Å². The fraction of sp³-hybridized carbons (Fsp3) is 1.00. The fourth-order valence-corrected chi connectivity index (χ4v) is 1.09. The van der Waals surface area contributed by atoms with Gasteiger partial charge in [-0.3, -0.25) is 0 Å². The number of rotatable bonds is 7. The average Bonchev–Trinajstić information content (AvgIpc) is 2.22. The van der Waals surface area contributed by atoms with Crippen molar-refractivity contribution < 1.29 is 19.3 Å². The highest BCUT2D eigenvalue weighted by molar-refractivity contribution is 4.53. The molecule has 0 saturated heterocycles. The highest BCUT2D eigenvalue weighted by atomic mass is 16.9. The Kier molecular flexibility index (Phi) is 12.7. The van der Waals surface area contributed by atoms with Gasteiger partial charge in [-0.15, -0.1) is 0 Å². The van der Waals surface area contributed by atoms with E-state index in [0.29, 0.717) is 26.2 Å². The van der Waals surface area contributed by atoms with Crippen molar-refractivity contribution in [2.24, 2.45) is 0 Å². The number of hydrogen-bond acceptors (Lipinski definition) is 4. The first-order valence-electron chi connectivity index (χ1n) is 5.11. The molecular weight excluding hydrogens is 184 g/mol. The molecule has 0 bridgehead atoms. The standard InChI is InChI=1S/C9H20O3.CH4O/c1-5-9(10-6-2,11-7-3)12-8-4;1-2/h5-8H2,1-4H3;2H,1H3. The zero-order valence-electron chi connectivity index (χ0n) is 10.0. The summed E-state index contributed by atoms with van der Waals surface area (Å²) in [7, 11) is 1.00. The highest BCUT2D eigenvalue weighted by Crippen LogP contribution is 2.19. The summed E-state index contributed by atoms with van der Waals surface area (Å²) in [6.45, 7) is 9.60. The predicted molar refractivity (Wildman–Crippen MR) is 56.0 cm³/mol. The van der Waals surface area contributed by atoms with Gasteiger partial charge in [0, 0.05) is 33.4 Å². The van der Waals surface area contributed by atoms with E-state index in [-0.39, 0.29) is 0 Å². The van der Waals surface area contributed by atoms with Crippen LogP contribution in [0.15, 0.2) is 0 Å². The SMILES string of the molecule is CCOC(CC)(OCC)OCC.CO. The Hall–Kier alpha value is -0.160. The van der Waals surface area contributed by atoms with Crippen molar-refractivity contribution in [3.05, 3.63) is 0 Å². The minimum atomic E-state index is -0.807. The quantitative estimate of drug-likeness (QED) is 0.648. The second-order valence-electron chi connectivity index (χ2n) is 2.34. The fourth-order valence-electron chi connectivity index (χ4n) is 1.09. The normalized spacial score (nSPS) is 10.7. The van der Waals surface area contributed by atoms with Gasteiger partial charge in [0.25, 0.3) is 5.97 Å². The van der Waals surface area contributed by atoms with Gasteiger partial charge < -0.3 is 19.3 Å². The first-order valence-corrected chi connectivity index (χ1v) is 5.11. The molecule has 0 aromatic heterocycles. The maximum absolute atomic E-state index is 7.00. The first kappa shape index (κ1) is 16.3. The lowest BCUT2D eigenvalue weighted by Crippen LogP contribution is -2.38. The van der Waals surface area contributed by atoms with Crippen LogP contribution in [0, 0.1) is 0 Å². The summed E-state index contributed by atoms with van der Waals surface area (Å²) < 4.78 is 16.2. The van der Waals surface area contributed by atoms with Crippen LogP contribution >= 0.6 is 0 Å². The summed E-state index contributed by atoms with van der Waals surface area (Å²) in [6, 6.07) is 0. The third-order valence-corrected chi connectivity index (χ3v) is 1.53. The molecule has 0 saturated carbocycles. The molecule has 0 aromatic carbocycles. The molecule has 0 rings (SSSR count). The molecule has 0 aromatic rings. The molecule has 0 amide bonds. The van der Waals surface area contributed by atoms with Crippen LogP contribution in [-0.4, -0.2) is 38.0 Å². The molecule has 0 fully saturated rings. The summed E-state index contributed by atoms with van der Waals surface area (Å²) in [5.74, 6) is -0.807. The summed E-state index contributed by atoms with van der Waals surface area (Å²) in [5, 5.41) is 7.00. The van der Waals surface area contributed by atoms with E-state index in [1.54, 1.807) is 0 Å². The maximum Gasteiger partial charge on any atom is 0.282 e. The number of ether oxygens (including phenoxy) is 3. The van der Waals surface area contributed by atoms with Crippen LogP contribution in [0.25, 0.3) is 0 Å². The van der Waals surface area contributed by atoms with E-state index in [2.05, 4.69) is 0 Å². The molecule has 0 heterocycles. The van der Waals surface area contributed by atoms with Crippen molar-refractivity contribution in [3.63, 3.8) is 0 Å². The molecule has 0 aliphatic rings. The Morgan fingerprint density at radius 2 is 1.07 bits per heavy atom. The van der Waals surface area contributed by atoms with Gasteiger partial charge in [-0.25, -0.2) is 0 Å². The van der Waals surface area contributed by atoms with Crippen LogP contribution in [0.1, 0.15) is 34.1 Å². The van der Waals surface area contributed by atoms with Gasteiger partial charge in [0.15, 0.2) is 0 Å². The largest absolute Gasteiger partial charge is 0.400 e. The van der Waals surface area contributed by atoms with Crippen LogP contribution in [0.5, 0.6) is 0 Å². The van der Waals surface area contributed by atoms with Gasteiger partial charge in [0.1, 0.15) is 0 Å². The zero-order chi connectivity index (χ0) is 11.4. The van der Waals surface area contributed by atoms with Gasteiger partial charge >= 0.3 is 0 Å². The summed E-state index contributed by atoms with van der Waals surface area (Å²) >= 11 is 0. The van der Waals surface area contributed by atoms with Crippen molar-refractivity contribution in [2.45, 2.75) is 40.1 Å². The summed E-state index contributed by atoms with van der Waals surface area (Å²) in [4.78, 5) is 0. The van der Waals surface area contributed by atoms with Crippen LogP contribution in [-0.2, 0) is 14.2 Å². The smallest absolute Gasteiger partial charge is 0.282 e.